The number of halogens is 2. The number of primary amides is 1. The zero-order chi connectivity index (χ0) is 21.0. The van der Waals surface area contributed by atoms with Gasteiger partial charge in [-0.2, -0.15) is 0 Å². The maximum Gasteiger partial charge on any atom is 0.312 e. The molecule has 3 N–H and O–H groups in total. The third kappa shape index (κ3) is 5.65. The van der Waals surface area contributed by atoms with Gasteiger partial charge in [0, 0.05) is 27.3 Å². The molecule has 3 aromatic rings. The molecule has 0 saturated carbocycles. The molecule has 0 aliphatic rings. The van der Waals surface area contributed by atoms with Crippen molar-refractivity contribution in [1.29, 1.82) is 0 Å². The molecule has 0 aliphatic heterocycles. The fraction of sp³-hybridized carbons (Fsp3) is 0.250. The smallest absolute Gasteiger partial charge is 0.312 e. The van der Waals surface area contributed by atoms with Crippen molar-refractivity contribution in [2.24, 2.45) is 5.73 Å². The number of aromatic nitrogens is 3. The fourth-order valence-corrected chi connectivity index (χ4v) is 4.74. The lowest BCUT2D eigenvalue weighted by Gasteiger charge is -2.14. The topological polar surface area (TPSA) is 85.8 Å². The first kappa shape index (κ1) is 21.5. The van der Waals surface area contributed by atoms with Crippen LogP contribution >= 0.6 is 35.0 Å². The standard InChI is InChI=1S/C20H21Cl2N5OS/c1-12(2)18-19(29-16-7-14(21)6-15(22)8-16)27(11-13-4-3-5-24-9-13)17(26-18)10-25-20(23)28/h3-9,12H,10-11H2,1-2H3,(H3,23,25,28). The Kier molecular flexibility index (Phi) is 7.05. The first-order valence-corrected chi connectivity index (χ1v) is 10.6. The van der Waals surface area contributed by atoms with Crippen molar-refractivity contribution in [3.63, 3.8) is 0 Å². The minimum atomic E-state index is -0.595. The van der Waals surface area contributed by atoms with E-state index < -0.39 is 6.03 Å². The van der Waals surface area contributed by atoms with Crippen molar-refractivity contribution >= 4 is 41.0 Å². The number of nitrogens with zero attached hydrogens (tertiary/aromatic N) is 3. The van der Waals surface area contributed by atoms with Crippen molar-refractivity contribution in [2.45, 2.75) is 42.8 Å². The molecule has 2 heterocycles. The summed E-state index contributed by atoms with van der Waals surface area (Å²) in [6.45, 7) is 4.94. The first-order valence-electron chi connectivity index (χ1n) is 8.99. The Labute approximate surface area is 183 Å². The minimum absolute atomic E-state index is 0.176. The lowest BCUT2D eigenvalue weighted by molar-refractivity contribution is 0.248. The van der Waals surface area contributed by atoms with E-state index in [1.165, 1.54) is 11.8 Å². The zero-order valence-corrected chi connectivity index (χ0v) is 18.4. The summed E-state index contributed by atoms with van der Waals surface area (Å²) in [4.78, 5) is 21.2. The minimum Gasteiger partial charge on any atom is -0.352 e. The molecule has 0 spiro atoms. The van der Waals surface area contributed by atoms with Gasteiger partial charge in [-0.25, -0.2) is 9.78 Å². The number of hydrogen-bond acceptors (Lipinski definition) is 4. The van der Waals surface area contributed by atoms with Crippen LogP contribution in [-0.2, 0) is 13.1 Å². The number of benzene rings is 1. The molecule has 2 amide bonds. The molecule has 0 fully saturated rings. The summed E-state index contributed by atoms with van der Waals surface area (Å²) in [6, 6.07) is 8.72. The van der Waals surface area contributed by atoms with Crippen molar-refractivity contribution in [3.8, 4) is 0 Å². The van der Waals surface area contributed by atoms with Gasteiger partial charge in [-0.15, -0.1) is 0 Å². The van der Waals surface area contributed by atoms with E-state index in [9.17, 15) is 4.79 Å². The zero-order valence-electron chi connectivity index (χ0n) is 16.0. The molecule has 29 heavy (non-hydrogen) atoms. The van der Waals surface area contributed by atoms with Gasteiger partial charge >= 0.3 is 6.03 Å². The van der Waals surface area contributed by atoms with Gasteiger partial charge in [0.1, 0.15) is 10.9 Å². The number of imidazole rings is 1. The number of rotatable bonds is 7. The van der Waals surface area contributed by atoms with Crippen LogP contribution in [0.4, 0.5) is 4.79 Å². The Bertz CT molecular complexity index is 987. The Morgan fingerprint density at radius 3 is 2.59 bits per heavy atom. The van der Waals surface area contributed by atoms with Gasteiger partial charge < -0.3 is 15.6 Å². The molecule has 9 heteroatoms. The van der Waals surface area contributed by atoms with Crippen LogP contribution in [0, 0.1) is 0 Å². The van der Waals surface area contributed by atoms with Crippen LogP contribution in [0.25, 0.3) is 0 Å². The van der Waals surface area contributed by atoms with E-state index >= 15 is 0 Å². The van der Waals surface area contributed by atoms with Crippen LogP contribution in [-0.4, -0.2) is 20.6 Å². The molecule has 3 rings (SSSR count). The summed E-state index contributed by atoms with van der Waals surface area (Å²) in [7, 11) is 0. The predicted molar refractivity (Wildman–Crippen MR) is 117 cm³/mol. The molecule has 0 atom stereocenters. The first-order chi connectivity index (χ1) is 13.8. The number of carbonyl (C=O) groups is 1. The Balaban J connectivity index is 2.08. The van der Waals surface area contributed by atoms with Crippen molar-refractivity contribution in [3.05, 3.63) is 69.9 Å². The highest BCUT2D eigenvalue weighted by Crippen LogP contribution is 2.37. The van der Waals surface area contributed by atoms with E-state index in [1.54, 1.807) is 12.3 Å². The van der Waals surface area contributed by atoms with Gasteiger partial charge in [0.25, 0.3) is 0 Å². The average Bonchev–Trinajstić information content (AvgIpc) is 2.97. The lowest BCUT2D eigenvalue weighted by atomic mass is 10.1. The monoisotopic (exact) mass is 449 g/mol. The van der Waals surface area contributed by atoms with Gasteiger partial charge in [-0.3, -0.25) is 4.98 Å². The van der Waals surface area contributed by atoms with E-state index in [0.717, 1.165) is 21.2 Å². The molecule has 0 unspecified atom stereocenters. The van der Waals surface area contributed by atoms with Gasteiger partial charge in [-0.1, -0.05) is 54.9 Å². The molecule has 0 saturated heterocycles. The van der Waals surface area contributed by atoms with Crippen LogP contribution in [0.15, 0.2) is 52.6 Å². The summed E-state index contributed by atoms with van der Waals surface area (Å²) in [5.41, 5.74) is 7.22. The average molecular weight is 450 g/mol. The largest absolute Gasteiger partial charge is 0.352 e. The lowest BCUT2D eigenvalue weighted by Crippen LogP contribution is -2.30. The summed E-state index contributed by atoms with van der Waals surface area (Å²) in [6.07, 6.45) is 3.54. The summed E-state index contributed by atoms with van der Waals surface area (Å²) >= 11 is 13.9. The third-order valence-electron chi connectivity index (χ3n) is 4.11. The van der Waals surface area contributed by atoms with Crippen LogP contribution in [0.2, 0.25) is 10.0 Å². The van der Waals surface area contributed by atoms with Crippen molar-refractivity contribution in [1.82, 2.24) is 19.9 Å². The van der Waals surface area contributed by atoms with Crippen LogP contribution in [0.3, 0.4) is 0 Å². The molecule has 6 nitrogen and oxygen atoms in total. The maximum absolute atomic E-state index is 11.3. The number of pyridine rings is 1. The second-order valence-electron chi connectivity index (χ2n) is 6.75. The van der Waals surface area contributed by atoms with Crippen molar-refractivity contribution < 1.29 is 4.79 Å². The maximum atomic E-state index is 11.3. The fourth-order valence-electron chi connectivity index (χ4n) is 2.82. The van der Waals surface area contributed by atoms with Crippen LogP contribution in [0.1, 0.15) is 36.8 Å². The Morgan fingerprint density at radius 1 is 1.28 bits per heavy atom. The molecular formula is C20H21Cl2N5OS. The molecule has 152 valence electrons. The van der Waals surface area contributed by atoms with E-state index in [0.29, 0.717) is 22.4 Å². The second-order valence-corrected chi connectivity index (χ2v) is 8.68. The summed E-state index contributed by atoms with van der Waals surface area (Å²) in [5, 5.41) is 4.74. The van der Waals surface area contributed by atoms with Gasteiger partial charge in [0.2, 0.25) is 0 Å². The number of nitrogens with two attached hydrogens (primary N) is 1. The van der Waals surface area contributed by atoms with E-state index in [2.05, 4.69) is 28.7 Å². The Morgan fingerprint density at radius 2 is 2.00 bits per heavy atom. The van der Waals surface area contributed by atoms with Crippen LogP contribution in [0.5, 0.6) is 0 Å². The number of amides is 2. The normalized spacial score (nSPS) is 11.1. The molecule has 0 radical (unpaired) electrons. The molecular weight excluding hydrogens is 429 g/mol. The van der Waals surface area contributed by atoms with Crippen LogP contribution < -0.4 is 11.1 Å². The SMILES string of the molecule is CC(C)c1nc(CNC(N)=O)n(Cc2cccnc2)c1Sc1cc(Cl)cc(Cl)c1. The number of nitrogens with one attached hydrogen (secondary N) is 1. The number of carbonyl (C=O) groups excluding carboxylic acids is 1. The van der Waals surface area contributed by atoms with Gasteiger partial charge in [0.05, 0.1) is 18.8 Å². The highest BCUT2D eigenvalue weighted by Gasteiger charge is 2.21. The molecule has 2 aromatic heterocycles. The van der Waals surface area contributed by atoms with E-state index in [4.69, 9.17) is 33.9 Å². The predicted octanol–water partition coefficient (Wildman–Crippen LogP) is 5.08. The number of urea groups is 1. The molecule has 1 aromatic carbocycles. The summed E-state index contributed by atoms with van der Waals surface area (Å²) < 4.78 is 2.07. The van der Waals surface area contributed by atoms with Gasteiger partial charge in [-0.05, 0) is 35.7 Å². The third-order valence-corrected chi connectivity index (χ3v) is 5.64. The highest BCUT2D eigenvalue weighted by molar-refractivity contribution is 7.99. The molecule has 0 aliphatic carbocycles. The van der Waals surface area contributed by atoms with E-state index in [1.807, 2.05) is 30.5 Å². The second kappa shape index (κ2) is 9.52. The van der Waals surface area contributed by atoms with E-state index in [-0.39, 0.29) is 12.5 Å². The van der Waals surface area contributed by atoms with Gasteiger partial charge in [0.15, 0.2) is 0 Å². The highest BCUT2D eigenvalue weighted by atomic mass is 35.5. The Hall–Kier alpha value is -2.22. The molecule has 0 bridgehead atoms. The summed E-state index contributed by atoms with van der Waals surface area (Å²) in [5.74, 6) is 0.890. The number of hydrogen-bond donors (Lipinski definition) is 2. The quantitative estimate of drug-likeness (QED) is 0.526. The van der Waals surface area contributed by atoms with Crippen molar-refractivity contribution in [2.75, 3.05) is 0 Å².